The highest BCUT2D eigenvalue weighted by atomic mass is 16.5. The normalized spacial score (nSPS) is 22.3. The van der Waals surface area contributed by atoms with Crippen LogP contribution in [0.4, 0.5) is 5.69 Å². The van der Waals surface area contributed by atoms with Gasteiger partial charge in [-0.2, -0.15) is 5.10 Å². The summed E-state index contributed by atoms with van der Waals surface area (Å²) in [6, 6.07) is 8.75. The Morgan fingerprint density at radius 2 is 1.84 bits per heavy atom. The molecule has 0 amide bonds. The van der Waals surface area contributed by atoms with Crippen LogP contribution >= 0.6 is 0 Å². The number of rotatable bonds is 4. The molecule has 2 fully saturated rings. The van der Waals surface area contributed by atoms with Crippen molar-refractivity contribution in [3.63, 3.8) is 0 Å². The molecule has 0 saturated carbocycles. The first kappa shape index (κ1) is 16.6. The summed E-state index contributed by atoms with van der Waals surface area (Å²) in [5.41, 5.74) is 3.60. The van der Waals surface area contributed by atoms with Gasteiger partial charge in [-0.05, 0) is 55.7 Å². The van der Waals surface area contributed by atoms with Gasteiger partial charge in [0, 0.05) is 43.8 Å². The molecule has 2 saturated heterocycles. The number of aliphatic hydroxyl groups is 1. The average molecular weight is 341 g/mol. The number of aromatic nitrogens is 2. The van der Waals surface area contributed by atoms with Crippen LogP contribution in [0.5, 0.6) is 0 Å². The SMILES string of the molecule is OCC1CCN(c2ccc(-c3cnn(C4CCCCO4)c3)cc2)CC1. The predicted molar refractivity (Wildman–Crippen MR) is 98.5 cm³/mol. The fraction of sp³-hybridized carbons (Fsp3) is 0.550. The molecule has 4 rings (SSSR count). The Morgan fingerprint density at radius 1 is 1.04 bits per heavy atom. The standard InChI is InChI=1S/C20H27N3O2/c24-15-16-8-10-22(11-9-16)19-6-4-17(5-7-19)18-13-21-23(14-18)20-3-1-2-12-25-20/h4-7,13-14,16,20,24H,1-3,8-12,15H2. The van der Waals surface area contributed by atoms with Crippen molar-refractivity contribution in [1.29, 1.82) is 0 Å². The molecule has 2 aliphatic rings. The second kappa shape index (κ2) is 7.58. The van der Waals surface area contributed by atoms with Gasteiger partial charge in [0.05, 0.1) is 6.20 Å². The fourth-order valence-corrected chi connectivity index (χ4v) is 3.82. The van der Waals surface area contributed by atoms with Gasteiger partial charge in [0.25, 0.3) is 0 Å². The van der Waals surface area contributed by atoms with Gasteiger partial charge in [-0.1, -0.05) is 12.1 Å². The van der Waals surface area contributed by atoms with Crippen LogP contribution in [0.2, 0.25) is 0 Å². The van der Waals surface area contributed by atoms with Gasteiger partial charge in [-0.25, -0.2) is 4.68 Å². The molecule has 1 N–H and O–H groups in total. The first-order valence-electron chi connectivity index (χ1n) is 9.45. The van der Waals surface area contributed by atoms with Crippen LogP contribution in [-0.2, 0) is 4.74 Å². The Hall–Kier alpha value is -1.85. The molecule has 134 valence electrons. The summed E-state index contributed by atoms with van der Waals surface area (Å²) < 4.78 is 7.77. The highest BCUT2D eigenvalue weighted by molar-refractivity contribution is 5.65. The molecule has 0 spiro atoms. The third-order valence-electron chi connectivity index (χ3n) is 5.49. The van der Waals surface area contributed by atoms with E-state index in [0.717, 1.165) is 50.9 Å². The third kappa shape index (κ3) is 3.72. The molecule has 1 atom stereocenters. The van der Waals surface area contributed by atoms with Crippen molar-refractivity contribution >= 4 is 5.69 Å². The van der Waals surface area contributed by atoms with Crippen molar-refractivity contribution in [2.75, 3.05) is 31.2 Å². The molecule has 5 heteroatoms. The van der Waals surface area contributed by atoms with Gasteiger partial charge >= 0.3 is 0 Å². The zero-order valence-electron chi connectivity index (χ0n) is 14.7. The summed E-state index contributed by atoms with van der Waals surface area (Å²) in [4.78, 5) is 2.41. The largest absolute Gasteiger partial charge is 0.396 e. The van der Waals surface area contributed by atoms with Crippen molar-refractivity contribution in [1.82, 2.24) is 9.78 Å². The molecular formula is C20H27N3O2. The van der Waals surface area contributed by atoms with E-state index in [4.69, 9.17) is 4.74 Å². The van der Waals surface area contributed by atoms with Gasteiger partial charge in [0.1, 0.15) is 6.23 Å². The smallest absolute Gasteiger partial charge is 0.150 e. The van der Waals surface area contributed by atoms with E-state index in [1.807, 2.05) is 10.9 Å². The lowest BCUT2D eigenvalue weighted by Crippen LogP contribution is -2.34. The first-order chi connectivity index (χ1) is 12.3. The summed E-state index contributed by atoms with van der Waals surface area (Å²) in [6.45, 7) is 3.21. The molecule has 0 radical (unpaired) electrons. The zero-order chi connectivity index (χ0) is 17.1. The van der Waals surface area contributed by atoms with Crippen LogP contribution in [0, 0.1) is 5.92 Å². The maximum absolute atomic E-state index is 9.27. The first-order valence-corrected chi connectivity index (χ1v) is 9.45. The van der Waals surface area contributed by atoms with E-state index in [2.05, 4.69) is 40.5 Å². The summed E-state index contributed by atoms with van der Waals surface area (Å²) in [5.74, 6) is 0.475. The molecule has 3 heterocycles. The summed E-state index contributed by atoms with van der Waals surface area (Å²) in [5, 5.41) is 13.8. The number of ether oxygens (including phenoxy) is 1. The van der Waals surface area contributed by atoms with Gasteiger partial charge in [0.15, 0.2) is 0 Å². The molecule has 25 heavy (non-hydrogen) atoms. The minimum atomic E-state index is 0.0922. The number of aliphatic hydroxyl groups excluding tert-OH is 1. The second-order valence-electron chi connectivity index (χ2n) is 7.19. The van der Waals surface area contributed by atoms with Crippen molar-refractivity contribution in [3.05, 3.63) is 36.7 Å². The molecule has 0 bridgehead atoms. The molecule has 2 aliphatic heterocycles. The number of benzene rings is 1. The molecule has 2 aromatic rings. The second-order valence-corrected chi connectivity index (χ2v) is 7.19. The predicted octanol–water partition coefficient (Wildman–Crippen LogP) is 3.46. The Labute approximate surface area is 149 Å². The van der Waals surface area contributed by atoms with Crippen LogP contribution in [0.3, 0.4) is 0 Å². The van der Waals surface area contributed by atoms with Crippen LogP contribution < -0.4 is 4.90 Å². The van der Waals surface area contributed by atoms with Gasteiger partial charge in [-0.15, -0.1) is 0 Å². The molecular weight excluding hydrogens is 314 g/mol. The van der Waals surface area contributed by atoms with Crippen LogP contribution in [-0.4, -0.2) is 41.2 Å². The quantitative estimate of drug-likeness (QED) is 0.925. The van der Waals surface area contributed by atoms with Crippen LogP contribution in [0.1, 0.15) is 38.3 Å². The van der Waals surface area contributed by atoms with E-state index in [1.54, 1.807) is 0 Å². The number of hydrogen-bond acceptors (Lipinski definition) is 4. The number of anilines is 1. The zero-order valence-corrected chi connectivity index (χ0v) is 14.7. The Bertz CT molecular complexity index is 669. The number of hydrogen-bond donors (Lipinski definition) is 1. The monoisotopic (exact) mass is 341 g/mol. The lowest BCUT2D eigenvalue weighted by molar-refractivity contribution is -0.0394. The molecule has 1 aromatic heterocycles. The van der Waals surface area contributed by atoms with Crippen LogP contribution in [0.25, 0.3) is 11.1 Å². The Balaban J connectivity index is 1.43. The maximum atomic E-state index is 9.27. The van der Waals surface area contributed by atoms with Gasteiger partial charge < -0.3 is 14.7 Å². The highest BCUT2D eigenvalue weighted by Gasteiger charge is 2.19. The maximum Gasteiger partial charge on any atom is 0.150 e. The Kier molecular flexibility index (Phi) is 5.04. The van der Waals surface area contributed by atoms with E-state index in [9.17, 15) is 5.11 Å². The minimum absolute atomic E-state index is 0.0922. The van der Waals surface area contributed by atoms with Crippen molar-refractivity contribution in [3.8, 4) is 11.1 Å². The van der Waals surface area contributed by atoms with Crippen molar-refractivity contribution < 1.29 is 9.84 Å². The molecule has 5 nitrogen and oxygen atoms in total. The highest BCUT2D eigenvalue weighted by Crippen LogP contribution is 2.28. The lowest BCUT2D eigenvalue weighted by atomic mass is 9.97. The number of nitrogens with zero attached hydrogens (tertiary/aromatic N) is 3. The van der Waals surface area contributed by atoms with Crippen molar-refractivity contribution in [2.24, 2.45) is 5.92 Å². The number of piperidine rings is 1. The summed E-state index contributed by atoms with van der Waals surface area (Å²) in [6.07, 6.45) is 9.68. The summed E-state index contributed by atoms with van der Waals surface area (Å²) >= 11 is 0. The lowest BCUT2D eigenvalue weighted by Gasteiger charge is -2.32. The van der Waals surface area contributed by atoms with Crippen molar-refractivity contribution in [2.45, 2.75) is 38.3 Å². The molecule has 1 aromatic carbocycles. The van der Waals surface area contributed by atoms with E-state index in [0.29, 0.717) is 12.5 Å². The van der Waals surface area contributed by atoms with E-state index < -0.39 is 0 Å². The molecule has 0 aliphatic carbocycles. The average Bonchev–Trinajstić information content (AvgIpc) is 3.19. The van der Waals surface area contributed by atoms with E-state index >= 15 is 0 Å². The van der Waals surface area contributed by atoms with E-state index in [-0.39, 0.29) is 6.23 Å². The fourth-order valence-electron chi connectivity index (χ4n) is 3.82. The van der Waals surface area contributed by atoms with E-state index in [1.165, 1.54) is 17.7 Å². The topological polar surface area (TPSA) is 50.5 Å². The van der Waals surface area contributed by atoms with Gasteiger partial charge in [0.2, 0.25) is 0 Å². The Morgan fingerprint density at radius 3 is 2.52 bits per heavy atom. The van der Waals surface area contributed by atoms with Gasteiger partial charge in [-0.3, -0.25) is 0 Å². The third-order valence-corrected chi connectivity index (χ3v) is 5.49. The minimum Gasteiger partial charge on any atom is -0.396 e. The summed E-state index contributed by atoms with van der Waals surface area (Å²) in [7, 11) is 0. The van der Waals surface area contributed by atoms with Crippen LogP contribution in [0.15, 0.2) is 36.7 Å². The molecule has 1 unspecified atom stereocenters.